The first-order chi connectivity index (χ1) is 8.25. The number of thiazole rings is 1. The zero-order valence-electron chi connectivity index (χ0n) is 9.43. The van der Waals surface area contributed by atoms with E-state index >= 15 is 0 Å². The molecule has 0 saturated heterocycles. The van der Waals surface area contributed by atoms with Crippen LogP contribution >= 0.6 is 11.3 Å². The predicted octanol–water partition coefficient (Wildman–Crippen LogP) is 0.932. The minimum atomic E-state index is -0.119. The monoisotopic (exact) mass is 251 g/mol. The van der Waals surface area contributed by atoms with Gasteiger partial charge in [-0.3, -0.25) is 9.89 Å². The molecule has 2 aromatic heterocycles. The molecule has 0 aromatic carbocycles. The number of hydrogen-bond donors (Lipinski definition) is 2. The lowest BCUT2D eigenvalue weighted by molar-refractivity contribution is 0.0948. The lowest BCUT2D eigenvalue weighted by Gasteiger charge is -2.01. The minimum absolute atomic E-state index is 0.119. The van der Waals surface area contributed by atoms with E-state index in [2.05, 4.69) is 25.5 Å². The Morgan fingerprint density at radius 3 is 3.12 bits per heavy atom. The predicted molar refractivity (Wildman–Crippen MR) is 63.9 cm³/mol. The van der Waals surface area contributed by atoms with E-state index in [1.54, 1.807) is 5.38 Å². The summed E-state index contributed by atoms with van der Waals surface area (Å²) >= 11 is 1.47. The van der Waals surface area contributed by atoms with Gasteiger partial charge >= 0.3 is 0 Å². The van der Waals surface area contributed by atoms with Gasteiger partial charge < -0.3 is 5.32 Å². The zero-order chi connectivity index (χ0) is 12.1. The summed E-state index contributed by atoms with van der Waals surface area (Å²) in [5.74, 6) is 0.718. The third-order valence-electron chi connectivity index (χ3n) is 2.19. The molecule has 0 unspecified atom stereocenters. The van der Waals surface area contributed by atoms with Gasteiger partial charge in [0.05, 0.1) is 5.01 Å². The molecule has 2 aromatic rings. The number of aromatic nitrogens is 4. The summed E-state index contributed by atoms with van der Waals surface area (Å²) in [7, 11) is 0. The number of nitrogens with one attached hydrogen (secondary N) is 2. The lowest BCUT2D eigenvalue weighted by atomic mass is 10.3. The number of H-pyrrole nitrogens is 1. The van der Waals surface area contributed by atoms with Gasteiger partial charge in [-0.05, 0) is 13.3 Å². The zero-order valence-corrected chi connectivity index (χ0v) is 10.3. The van der Waals surface area contributed by atoms with Crippen LogP contribution in [0, 0.1) is 6.92 Å². The summed E-state index contributed by atoms with van der Waals surface area (Å²) < 4.78 is 0. The van der Waals surface area contributed by atoms with E-state index in [1.807, 2.05) is 6.92 Å². The van der Waals surface area contributed by atoms with E-state index in [9.17, 15) is 4.79 Å². The fourth-order valence-electron chi connectivity index (χ4n) is 1.37. The highest BCUT2D eigenvalue weighted by atomic mass is 32.1. The smallest absolute Gasteiger partial charge is 0.270 e. The Kier molecular flexibility index (Phi) is 3.81. The Morgan fingerprint density at radius 1 is 1.59 bits per heavy atom. The van der Waals surface area contributed by atoms with Gasteiger partial charge in [0.1, 0.15) is 17.8 Å². The van der Waals surface area contributed by atoms with Gasteiger partial charge in [0.2, 0.25) is 0 Å². The Hall–Kier alpha value is -1.76. The van der Waals surface area contributed by atoms with Crippen LogP contribution in [0.15, 0.2) is 11.7 Å². The van der Waals surface area contributed by atoms with Gasteiger partial charge in [-0.25, -0.2) is 9.97 Å². The number of carbonyl (C=O) groups excluding carboxylic acids is 1. The quantitative estimate of drug-likeness (QED) is 0.774. The minimum Gasteiger partial charge on any atom is -0.351 e. The summed E-state index contributed by atoms with van der Waals surface area (Å²) in [4.78, 5) is 19.7. The van der Waals surface area contributed by atoms with Crippen LogP contribution in [-0.2, 0) is 6.42 Å². The van der Waals surface area contributed by atoms with Crippen LogP contribution in [0.2, 0.25) is 0 Å². The van der Waals surface area contributed by atoms with Crippen LogP contribution in [0.25, 0.3) is 0 Å². The molecule has 0 aliphatic carbocycles. The van der Waals surface area contributed by atoms with Crippen LogP contribution in [-0.4, -0.2) is 32.6 Å². The van der Waals surface area contributed by atoms with E-state index in [1.165, 1.54) is 17.7 Å². The normalized spacial score (nSPS) is 10.4. The Balaban J connectivity index is 1.70. The van der Waals surface area contributed by atoms with Crippen molar-refractivity contribution < 1.29 is 4.79 Å². The molecular weight excluding hydrogens is 238 g/mol. The highest BCUT2D eigenvalue weighted by molar-refractivity contribution is 7.09. The number of aryl methyl sites for hydroxylation is 2. The standard InChI is InChI=1S/C10H13N5OS/c1-7-14-8(5-17-7)10(16)11-4-2-3-9-12-6-13-15-9/h5-6H,2-4H2,1H3,(H,11,16)(H,12,13,15). The van der Waals surface area contributed by atoms with Gasteiger partial charge in [0, 0.05) is 18.3 Å². The van der Waals surface area contributed by atoms with Crippen LogP contribution in [0.1, 0.15) is 27.7 Å². The van der Waals surface area contributed by atoms with Crippen molar-refractivity contribution in [2.45, 2.75) is 19.8 Å². The van der Waals surface area contributed by atoms with Crippen LogP contribution in [0.5, 0.6) is 0 Å². The molecule has 17 heavy (non-hydrogen) atoms. The first kappa shape index (κ1) is 11.7. The van der Waals surface area contributed by atoms with Crippen molar-refractivity contribution in [1.82, 2.24) is 25.5 Å². The summed E-state index contributed by atoms with van der Waals surface area (Å²) in [5.41, 5.74) is 0.493. The lowest BCUT2D eigenvalue weighted by Crippen LogP contribution is -2.25. The average Bonchev–Trinajstić information content (AvgIpc) is 2.95. The van der Waals surface area contributed by atoms with Crippen molar-refractivity contribution in [2.75, 3.05) is 6.54 Å². The molecule has 0 spiro atoms. The van der Waals surface area contributed by atoms with Crippen molar-refractivity contribution in [3.8, 4) is 0 Å². The third kappa shape index (κ3) is 3.35. The van der Waals surface area contributed by atoms with Gasteiger partial charge in [-0.15, -0.1) is 11.3 Å². The topological polar surface area (TPSA) is 83.6 Å². The van der Waals surface area contributed by atoms with E-state index in [-0.39, 0.29) is 5.91 Å². The van der Waals surface area contributed by atoms with E-state index < -0.39 is 0 Å². The van der Waals surface area contributed by atoms with Crippen molar-refractivity contribution in [3.63, 3.8) is 0 Å². The molecule has 0 saturated carbocycles. The van der Waals surface area contributed by atoms with Crippen molar-refractivity contribution in [1.29, 1.82) is 0 Å². The molecule has 0 aliphatic heterocycles. The second-order valence-corrected chi connectivity index (χ2v) is 4.61. The molecule has 2 heterocycles. The molecule has 0 atom stereocenters. The van der Waals surface area contributed by atoms with Crippen LogP contribution < -0.4 is 5.32 Å². The average molecular weight is 251 g/mol. The fraction of sp³-hybridized carbons (Fsp3) is 0.400. The fourth-order valence-corrected chi connectivity index (χ4v) is 1.96. The molecule has 2 N–H and O–H groups in total. The summed E-state index contributed by atoms with van der Waals surface area (Å²) in [6, 6.07) is 0. The molecule has 2 rings (SSSR count). The first-order valence-electron chi connectivity index (χ1n) is 5.30. The molecule has 7 heteroatoms. The van der Waals surface area contributed by atoms with Crippen molar-refractivity contribution in [3.05, 3.63) is 28.2 Å². The summed E-state index contributed by atoms with van der Waals surface area (Å²) in [5, 5.41) is 12.0. The second-order valence-electron chi connectivity index (χ2n) is 3.54. The highest BCUT2D eigenvalue weighted by Gasteiger charge is 2.08. The first-order valence-corrected chi connectivity index (χ1v) is 6.18. The maximum absolute atomic E-state index is 11.6. The van der Waals surface area contributed by atoms with Crippen LogP contribution in [0.3, 0.4) is 0 Å². The van der Waals surface area contributed by atoms with E-state index in [4.69, 9.17) is 0 Å². The van der Waals surface area contributed by atoms with E-state index in [0.29, 0.717) is 12.2 Å². The highest BCUT2D eigenvalue weighted by Crippen LogP contribution is 2.07. The number of carbonyl (C=O) groups is 1. The van der Waals surface area contributed by atoms with E-state index in [0.717, 1.165) is 23.7 Å². The van der Waals surface area contributed by atoms with Gasteiger partial charge in [0.15, 0.2) is 0 Å². The molecule has 0 aliphatic rings. The van der Waals surface area contributed by atoms with Gasteiger partial charge in [-0.1, -0.05) is 0 Å². The maximum Gasteiger partial charge on any atom is 0.270 e. The molecule has 0 fully saturated rings. The largest absolute Gasteiger partial charge is 0.351 e. The van der Waals surface area contributed by atoms with Gasteiger partial charge in [0.25, 0.3) is 5.91 Å². The van der Waals surface area contributed by atoms with Crippen molar-refractivity contribution >= 4 is 17.2 Å². The number of amides is 1. The Morgan fingerprint density at radius 2 is 2.47 bits per heavy atom. The Labute approximate surface area is 103 Å². The molecule has 6 nitrogen and oxygen atoms in total. The van der Waals surface area contributed by atoms with Crippen LogP contribution in [0.4, 0.5) is 0 Å². The third-order valence-corrected chi connectivity index (χ3v) is 2.97. The SMILES string of the molecule is Cc1nc(C(=O)NCCCc2ncn[nH]2)cs1. The number of rotatable bonds is 5. The second kappa shape index (κ2) is 5.53. The summed E-state index contributed by atoms with van der Waals surface area (Å²) in [6.45, 7) is 2.49. The summed E-state index contributed by atoms with van der Waals surface area (Å²) in [6.07, 6.45) is 3.08. The number of nitrogens with zero attached hydrogens (tertiary/aromatic N) is 3. The molecule has 1 amide bonds. The van der Waals surface area contributed by atoms with Crippen molar-refractivity contribution in [2.24, 2.45) is 0 Å². The number of hydrogen-bond acceptors (Lipinski definition) is 5. The number of aromatic amines is 1. The molecule has 90 valence electrons. The maximum atomic E-state index is 11.6. The molecule has 0 radical (unpaired) electrons. The van der Waals surface area contributed by atoms with Gasteiger partial charge in [-0.2, -0.15) is 5.10 Å². The Bertz CT molecular complexity index is 479. The molecular formula is C10H13N5OS. The molecule has 0 bridgehead atoms.